The Labute approximate surface area is 149 Å². The number of nitrogens with zero attached hydrogens (tertiary/aromatic N) is 2. The van der Waals surface area contributed by atoms with Crippen LogP contribution >= 0.6 is 11.3 Å². The molecule has 132 valence electrons. The molecule has 0 unspecified atom stereocenters. The molecule has 0 radical (unpaired) electrons. The predicted octanol–water partition coefficient (Wildman–Crippen LogP) is 3.62. The van der Waals surface area contributed by atoms with Crippen LogP contribution in [0.1, 0.15) is 35.8 Å². The van der Waals surface area contributed by atoms with Gasteiger partial charge in [0.2, 0.25) is 0 Å². The van der Waals surface area contributed by atoms with Crippen molar-refractivity contribution < 1.29 is 14.5 Å². The van der Waals surface area contributed by atoms with Gasteiger partial charge in [0.25, 0.3) is 5.91 Å². The fraction of sp³-hybridized carbons (Fsp3) is 0.294. The largest absolute Gasteiger partial charge is 0.483 e. The number of nitrogens with one attached hydrogen (secondary N) is 1. The van der Waals surface area contributed by atoms with E-state index in [0.29, 0.717) is 10.6 Å². The lowest BCUT2D eigenvalue weighted by molar-refractivity contribution is -0.380. The van der Waals surface area contributed by atoms with Gasteiger partial charge in [-0.05, 0) is 36.1 Å². The Morgan fingerprint density at radius 1 is 1.40 bits per heavy atom. The highest BCUT2D eigenvalue weighted by Gasteiger charge is 2.10. The van der Waals surface area contributed by atoms with Gasteiger partial charge >= 0.3 is 5.00 Å². The Bertz CT molecular complexity index is 799. The molecule has 1 aromatic carbocycles. The number of hydrogen-bond donors (Lipinski definition) is 1. The summed E-state index contributed by atoms with van der Waals surface area (Å²) in [6, 6.07) is 8.86. The van der Waals surface area contributed by atoms with Gasteiger partial charge in [0, 0.05) is 6.07 Å². The van der Waals surface area contributed by atoms with Crippen molar-refractivity contribution in [2.75, 3.05) is 6.61 Å². The summed E-state index contributed by atoms with van der Waals surface area (Å²) in [4.78, 5) is 22.5. The summed E-state index contributed by atoms with van der Waals surface area (Å²) in [6.45, 7) is 5.91. The topological polar surface area (TPSA) is 93.8 Å². The zero-order valence-electron chi connectivity index (χ0n) is 14.2. The number of carbonyl (C=O) groups is 1. The zero-order chi connectivity index (χ0) is 18.4. The molecule has 1 amide bonds. The SMILES string of the molecule is Cc1ccc(C(C)C)c(OCC(=O)N/N=C/c2ccc([N+](=O)[O-])s2)c1. The first-order valence-electron chi connectivity index (χ1n) is 7.66. The van der Waals surface area contributed by atoms with Crippen molar-refractivity contribution >= 4 is 28.5 Å². The van der Waals surface area contributed by atoms with Gasteiger partial charge in [-0.1, -0.05) is 37.3 Å². The van der Waals surface area contributed by atoms with Crippen molar-refractivity contribution in [3.63, 3.8) is 0 Å². The van der Waals surface area contributed by atoms with E-state index in [0.717, 1.165) is 22.5 Å². The maximum atomic E-state index is 11.8. The highest BCUT2D eigenvalue weighted by Crippen LogP contribution is 2.27. The van der Waals surface area contributed by atoms with E-state index in [2.05, 4.69) is 24.4 Å². The second-order valence-electron chi connectivity index (χ2n) is 5.71. The van der Waals surface area contributed by atoms with Gasteiger partial charge in [-0.15, -0.1) is 0 Å². The lowest BCUT2D eigenvalue weighted by atomic mass is 10.0. The van der Waals surface area contributed by atoms with Crippen LogP contribution < -0.4 is 10.2 Å². The van der Waals surface area contributed by atoms with Crippen LogP contribution in [0.5, 0.6) is 5.75 Å². The van der Waals surface area contributed by atoms with E-state index in [1.54, 1.807) is 6.07 Å². The molecule has 0 aliphatic carbocycles. The molecule has 2 aromatic rings. The van der Waals surface area contributed by atoms with Crippen LogP contribution in [0.4, 0.5) is 5.00 Å². The molecule has 2 rings (SSSR count). The molecule has 0 atom stereocenters. The Balaban J connectivity index is 1.89. The second kappa shape index (κ2) is 8.39. The Kier molecular flexibility index (Phi) is 6.24. The zero-order valence-corrected chi connectivity index (χ0v) is 15.0. The summed E-state index contributed by atoms with van der Waals surface area (Å²) in [5.41, 5.74) is 4.43. The minimum Gasteiger partial charge on any atom is -0.483 e. The number of thiophene rings is 1. The molecule has 0 saturated carbocycles. The van der Waals surface area contributed by atoms with E-state index < -0.39 is 10.8 Å². The van der Waals surface area contributed by atoms with Crippen molar-refractivity contribution in [2.45, 2.75) is 26.7 Å². The molecule has 0 aliphatic heterocycles. The second-order valence-corrected chi connectivity index (χ2v) is 6.80. The quantitative estimate of drug-likeness (QED) is 0.463. The molecule has 7 nitrogen and oxygen atoms in total. The lowest BCUT2D eigenvalue weighted by Crippen LogP contribution is -2.24. The molecule has 0 bridgehead atoms. The van der Waals surface area contributed by atoms with Crippen LogP contribution in [-0.4, -0.2) is 23.7 Å². The first-order chi connectivity index (χ1) is 11.9. The molecular weight excluding hydrogens is 342 g/mol. The van der Waals surface area contributed by atoms with Gasteiger partial charge in [-0.3, -0.25) is 14.9 Å². The van der Waals surface area contributed by atoms with Crippen LogP contribution in [0.3, 0.4) is 0 Å². The first-order valence-corrected chi connectivity index (χ1v) is 8.48. The van der Waals surface area contributed by atoms with Gasteiger partial charge < -0.3 is 4.74 Å². The Morgan fingerprint density at radius 2 is 2.16 bits per heavy atom. The fourth-order valence-corrected chi connectivity index (χ4v) is 2.79. The van der Waals surface area contributed by atoms with Gasteiger partial charge in [-0.25, -0.2) is 5.43 Å². The number of amides is 1. The Morgan fingerprint density at radius 3 is 2.80 bits per heavy atom. The van der Waals surface area contributed by atoms with Gasteiger partial charge in [0.05, 0.1) is 16.0 Å². The number of nitro groups is 1. The van der Waals surface area contributed by atoms with E-state index in [4.69, 9.17) is 4.74 Å². The summed E-state index contributed by atoms with van der Waals surface area (Å²) < 4.78 is 5.61. The van der Waals surface area contributed by atoms with Crippen LogP contribution in [-0.2, 0) is 4.79 Å². The standard InChI is InChI=1S/C17H19N3O4S/c1-11(2)14-6-4-12(3)8-15(14)24-10-16(21)19-18-9-13-5-7-17(25-13)20(22)23/h4-9,11H,10H2,1-3H3,(H,19,21)/b18-9+. The van der Waals surface area contributed by atoms with E-state index >= 15 is 0 Å². The van der Waals surface area contributed by atoms with Gasteiger partial charge in [-0.2, -0.15) is 5.10 Å². The summed E-state index contributed by atoms with van der Waals surface area (Å²) in [7, 11) is 0. The van der Waals surface area contributed by atoms with Crippen LogP contribution in [0.15, 0.2) is 35.4 Å². The number of carbonyl (C=O) groups excluding carboxylic acids is 1. The van der Waals surface area contributed by atoms with Crippen molar-refractivity contribution in [1.29, 1.82) is 0 Å². The molecule has 8 heteroatoms. The predicted molar refractivity (Wildman–Crippen MR) is 97.5 cm³/mol. The highest BCUT2D eigenvalue weighted by molar-refractivity contribution is 7.16. The Hall–Kier alpha value is -2.74. The van der Waals surface area contributed by atoms with E-state index in [1.807, 2.05) is 25.1 Å². The number of hydrazone groups is 1. The maximum absolute atomic E-state index is 11.8. The van der Waals surface area contributed by atoms with Gasteiger partial charge in [0.15, 0.2) is 6.61 Å². The highest BCUT2D eigenvalue weighted by atomic mass is 32.1. The third kappa shape index (κ3) is 5.39. The number of benzene rings is 1. The van der Waals surface area contributed by atoms with Crippen molar-refractivity contribution in [3.8, 4) is 5.75 Å². The normalized spacial score (nSPS) is 11.0. The minimum absolute atomic E-state index is 0.0248. The fourth-order valence-electron chi connectivity index (χ4n) is 2.10. The summed E-state index contributed by atoms with van der Waals surface area (Å²) in [5.74, 6) is 0.563. The van der Waals surface area contributed by atoms with Crippen LogP contribution in [0, 0.1) is 17.0 Å². The van der Waals surface area contributed by atoms with Crippen LogP contribution in [0.25, 0.3) is 0 Å². The lowest BCUT2D eigenvalue weighted by Gasteiger charge is -2.14. The average molecular weight is 361 g/mol. The average Bonchev–Trinajstić information content (AvgIpc) is 3.02. The molecule has 0 spiro atoms. The molecule has 25 heavy (non-hydrogen) atoms. The van der Waals surface area contributed by atoms with E-state index in [9.17, 15) is 14.9 Å². The van der Waals surface area contributed by atoms with Crippen LogP contribution in [0.2, 0.25) is 0 Å². The smallest absolute Gasteiger partial charge is 0.324 e. The number of hydrogen-bond acceptors (Lipinski definition) is 6. The molecule has 0 aliphatic rings. The number of rotatable bonds is 7. The summed E-state index contributed by atoms with van der Waals surface area (Å²) in [5, 5.41) is 14.4. The summed E-state index contributed by atoms with van der Waals surface area (Å²) >= 11 is 0.979. The monoisotopic (exact) mass is 361 g/mol. The van der Waals surface area contributed by atoms with Crippen molar-refractivity contribution in [3.05, 3.63) is 56.5 Å². The molecule has 1 N–H and O–H groups in total. The molecule has 1 heterocycles. The first kappa shape index (κ1) is 18.6. The molecule has 0 saturated heterocycles. The van der Waals surface area contributed by atoms with E-state index in [-0.39, 0.29) is 17.5 Å². The molecule has 1 aromatic heterocycles. The third-order valence-corrected chi connectivity index (χ3v) is 4.29. The number of ether oxygens (including phenoxy) is 1. The van der Waals surface area contributed by atoms with Gasteiger partial charge in [0.1, 0.15) is 5.75 Å². The van der Waals surface area contributed by atoms with Crippen molar-refractivity contribution in [2.24, 2.45) is 5.10 Å². The molecular formula is C17H19N3O4S. The van der Waals surface area contributed by atoms with Crippen molar-refractivity contribution in [1.82, 2.24) is 5.43 Å². The minimum atomic E-state index is -0.470. The molecule has 0 fully saturated rings. The third-order valence-electron chi connectivity index (χ3n) is 3.32. The van der Waals surface area contributed by atoms with E-state index in [1.165, 1.54) is 12.3 Å². The summed E-state index contributed by atoms with van der Waals surface area (Å²) in [6.07, 6.45) is 1.36. The number of aryl methyl sites for hydroxylation is 1. The maximum Gasteiger partial charge on any atom is 0.324 e.